The number of ether oxygens (including phenoxy) is 4. The second kappa shape index (κ2) is 71.8. The number of carboxylic acids is 1. The summed E-state index contributed by atoms with van der Waals surface area (Å²) in [5.74, 6) is -2.27. The Kier molecular flexibility index (Phi) is 68.6. The fraction of sp³-hybridized carbons (Fsp3) is 0.744. The number of hydrogen-bond acceptors (Lipinski definition) is 8. The van der Waals surface area contributed by atoms with Gasteiger partial charge in [-0.3, -0.25) is 9.59 Å². The molecular formula is C82H143NO8. The maximum atomic E-state index is 13.0. The third-order valence-electron chi connectivity index (χ3n) is 16.5. The van der Waals surface area contributed by atoms with Crippen LogP contribution in [0.15, 0.2) is 109 Å². The van der Waals surface area contributed by atoms with Crippen LogP contribution in [-0.2, 0) is 33.3 Å². The summed E-state index contributed by atoms with van der Waals surface area (Å²) >= 11 is 0. The minimum atomic E-state index is -1.62. The van der Waals surface area contributed by atoms with Gasteiger partial charge in [-0.25, -0.2) is 0 Å². The first kappa shape index (κ1) is 87.0. The number of nitrogens with zero attached hydrogens (tertiary/aromatic N) is 1. The van der Waals surface area contributed by atoms with Crippen molar-refractivity contribution in [2.45, 2.75) is 347 Å². The molecule has 0 aliphatic rings. The average Bonchev–Trinajstić information content (AvgIpc) is 3.53. The Balaban J connectivity index is 4.02. The SMILES string of the molecule is CC/C=C\C/C=C\C/C=C\C/C=C\C/C=C\C/C=C\C/C=C\CCCCCCCCCCCCCCCCCCCCCC(=O)OC(COC(=O)CCCCCCCCCCCCCCC/C=C\C/C=C\CCCCCCC)COC(OCC[N+](C)(C)C)C(=O)[O-]. The summed E-state index contributed by atoms with van der Waals surface area (Å²) in [6, 6.07) is 0. The molecule has 0 bridgehead atoms. The van der Waals surface area contributed by atoms with Crippen LogP contribution < -0.4 is 5.11 Å². The first-order valence-corrected chi connectivity index (χ1v) is 38.0. The van der Waals surface area contributed by atoms with Gasteiger partial charge in [0, 0.05) is 12.8 Å². The first-order chi connectivity index (χ1) is 44.6. The number of unbranched alkanes of at least 4 members (excludes halogenated alkanes) is 37. The second-order valence-corrected chi connectivity index (χ2v) is 26.6. The zero-order chi connectivity index (χ0) is 66.1. The van der Waals surface area contributed by atoms with Crippen LogP contribution in [-0.4, -0.2) is 82.3 Å². The van der Waals surface area contributed by atoms with Crippen LogP contribution in [0.25, 0.3) is 0 Å². The van der Waals surface area contributed by atoms with Crippen LogP contribution in [0.4, 0.5) is 0 Å². The molecule has 0 rings (SSSR count). The zero-order valence-corrected chi connectivity index (χ0v) is 59.9. The number of hydrogen-bond donors (Lipinski definition) is 0. The van der Waals surface area contributed by atoms with E-state index >= 15 is 0 Å². The monoisotopic (exact) mass is 1270 g/mol. The number of carbonyl (C=O) groups excluding carboxylic acids is 3. The smallest absolute Gasteiger partial charge is 0.306 e. The van der Waals surface area contributed by atoms with Crippen molar-refractivity contribution in [3.8, 4) is 0 Å². The predicted molar refractivity (Wildman–Crippen MR) is 389 cm³/mol. The Hall–Kier alpha value is -4.05. The second-order valence-electron chi connectivity index (χ2n) is 26.6. The number of carboxylic acid groups (broad SMARTS) is 1. The molecule has 0 aromatic rings. The maximum absolute atomic E-state index is 13.0. The number of aliphatic carboxylic acids is 1. The normalized spacial score (nSPS) is 13.3. The number of carbonyl (C=O) groups is 3. The molecule has 524 valence electrons. The van der Waals surface area contributed by atoms with E-state index in [9.17, 15) is 19.5 Å². The van der Waals surface area contributed by atoms with Crippen molar-refractivity contribution in [1.82, 2.24) is 0 Å². The molecule has 0 aromatic heterocycles. The van der Waals surface area contributed by atoms with E-state index in [1.165, 1.54) is 218 Å². The lowest BCUT2D eigenvalue weighted by atomic mass is 10.0. The largest absolute Gasteiger partial charge is 0.545 e. The van der Waals surface area contributed by atoms with Crippen molar-refractivity contribution < 1.29 is 42.9 Å². The van der Waals surface area contributed by atoms with Crippen molar-refractivity contribution in [2.75, 3.05) is 47.5 Å². The van der Waals surface area contributed by atoms with Crippen LogP contribution in [0.1, 0.15) is 335 Å². The number of esters is 2. The molecule has 0 fully saturated rings. The molecule has 9 nitrogen and oxygen atoms in total. The Morgan fingerprint density at radius 2 is 0.626 bits per heavy atom. The summed E-state index contributed by atoms with van der Waals surface area (Å²) < 4.78 is 22.8. The van der Waals surface area contributed by atoms with Gasteiger partial charge in [0.05, 0.1) is 40.3 Å². The molecular weight excluding hydrogens is 1130 g/mol. The molecule has 0 heterocycles. The van der Waals surface area contributed by atoms with E-state index in [2.05, 4.69) is 123 Å². The van der Waals surface area contributed by atoms with Gasteiger partial charge in [-0.05, 0) is 103 Å². The zero-order valence-electron chi connectivity index (χ0n) is 59.9. The number of quaternary nitrogens is 1. The molecule has 0 aromatic carbocycles. The molecule has 0 amide bonds. The van der Waals surface area contributed by atoms with E-state index in [1.54, 1.807) is 0 Å². The fourth-order valence-corrected chi connectivity index (χ4v) is 10.7. The van der Waals surface area contributed by atoms with Gasteiger partial charge in [0.25, 0.3) is 0 Å². The van der Waals surface area contributed by atoms with E-state index in [4.69, 9.17) is 18.9 Å². The third kappa shape index (κ3) is 73.2. The van der Waals surface area contributed by atoms with Gasteiger partial charge >= 0.3 is 11.9 Å². The van der Waals surface area contributed by atoms with Gasteiger partial charge in [0.1, 0.15) is 13.2 Å². The standard InChI is InChI=1S/C82H143NO8/c1-6-8-10-12-14-16-18-20-22-24-26-28-30-32-33-34-35-36-37-38-39-40-41-42-43-44-45-46-47-49-51-53-55-57-59-61-63-65-67-69-71-73-80(85)91-78(77-90-82(81(86)87)88-75-74-83(3,4)5)76-89-79(84)72-70-68-66-64-62-60-58-56-54-52-50-48-31-29-27-25-23-21-19-17-15-13-11-9-7-2/h8,10,14,16,19-22,25-28,32-33,35-36,38-39,78,82H,6-7,9,11-13,15,17-18,23-24,29-31,34,37,40-77H2,1-5H3/b10-8-,16-14-,21-19-,22-20-,27-25-,28-26-,33-32-,36-35-,39-38-. The van der Waals surface area contributed by atoms with E-state index in [-0.39, 0.29) is 32.2 Å². The molecule has 0 N–H and O–H groups in total. The Labute approximate surface area is 562 Å². The lowest BCUT2D eigenvalue weighted by Gasteiger charge is -2.26. The van der Waals surface area contributed by atoms with Crippen molar-refractivity contribution in [3.63, 3.8) is 0 Å². The fourth-order valence-electron chi connectivity index (χ4n) is 10.7. The Morgan fingerprint density at radius 3 is 0.934 bits per heavy atom. The molecule has 0 saturated carbocycles. The number of rotatable bonds is 70. The van der Waals surface area contributed by atoms with Gasteiger partial charge in [0.15, 0.2) is 12.4 Å². The lowest BCUT2D eigenvalue weighted by Crippen LogP contribution is -2.44. The van der Waals surface area contributed by atoms with E-state index in [0.717, 1.165) is 83.5 Å². The molecule has 0 saturated heterocycles. The summed E-state index contributed by atoms with van der Waals surface area (Å²) in [5.41, 5.74) is 0. The van der Waals surface area contributed by atoms with E-state index in [1.807, 2.05) is 21.1 Å². The van der Waals surface area contributed by atoms with E-state index in [0.29, 0.717) is 23.9 Å². The van der Waals surface area contributed by atoms with Gasteiger partial charge < -0.3 is 33.3 Å². The summed E-state index contributed by atoms with van der Waals surface area (Å²) in [6.07, 6.45) is 97.6. The molecule has 9 heteroatoms. The highest BCUT2D eigenvalue weighted by atomic mass is 16.7. The molecule has 91 heavy (non-hydrogen) atoms. The average molecular weight is 1270 g/mol. The highest BCUT2D eigenvalue weighted by molar-refractivity contribution is 5.70. The molecule has 0 radical (unpaired) electrons. The van der Waals surface area contributed by atoms with Crippen LogP contribution in [0.2, 0.25) is 0 Å². The summed E-state index contributed by atoms with van der Waals surface area (Å²) in [4.78, 5) is 37.5. The van der Waals surface area contributed by atoms with E-state index < -0.39 is 24.3 Å². The van der Waals surface area contributed by atoms with Crippen molar-refractivity contribution in [1.29, 1.82) is 0 Å². The van der Waals surface area contributed by atoms with Crippen LogP contribution in [0.5, 0.6) is 0 Å². The van der Waals surface area contributed by atoms with Crippen molar-refractivity contribution in [2.24, 2.45) is 0 Å². The van der Waals surface area contributed by atoms with Crippen LogP contribution in [0, 0.1) is 0 Å². The lowest BCUT2D eigenvalue weighted by molar-refractivity contribution is -0.870. The number of likely N-dealkylation sites (N-methyl/N-ethyl adjacent to an activating group) is 1. The van der Waals surface area contributed by atoms with Gasteiger partial charge in [-0.2, -0.15) is 0 Å². The Bertz CT molecular complexity index is 1870. The van der Waals surface area contributed by atoms with Gasteiger partial charge in [-0.1, -0.05) is 329 Å². The third-order valence-corrected chi connectivity index (χ3v) is 16.5. The minimum absolute atomic E-state index is 0.146. The molecule has 0 aliphatic carbocycles. The highest BCUT2D eigenvalue weighted by Crippen LogP contribution is 2.18. The summed E-state index contributed by atoms with van der Waals surface area (Å²) in [5, 5.41) is 11.8. The predicted octanol–water partition coefficient (Wildman–Crippen LogP) is 22.8. The van der Waals surface area contributed by atoms with Crippen LogP contribution >= 0.6 is 0 Å². The van der Waals surface area contributed by atoms with Crippen molar-refractivity contribution >= 4 is 17.9 Å². The summed E-state index contributed by atoms with van der Waals surface area (Å²) in [7, 11) is 5.94. The number of allylic oxidation sites excluding steroid dienone is 18. The van der Waals surface area contributed by atoms with Crippen molar-refractivity contribution in [3.05, 3.63) is 109 Å². The Morgan fingerprint density at radius 1 is 0.341 bits per heavy atom. The van der Waals surface area contributed by atoms with Gasteiger partial charge in [-0.15, -0.1) is 0 Å². The highest BCUT2D eigenvalue weighted by Gasteiger charge is 2.22. The summed E-state index contributed by atoms with van der Waals surface area (Å²) in [6.45, 7) is 4.66. The molecule has 2 unspecified atom stereocenters. The molecule has 0 spiro atoms. The van der Waals surface area contributed by atoms with Crippen LogP contribution in [0.3, 0.4) is 0 Å². The first-order valence-electron chi connectivity index (χ1n) is 38.0. The topological polar surface area (TPSA) is 111 Å². The minimum Gasteiger partial charge on any atom is -0.545 e. The molecule has 2 atom stereocenters. The maximum Gasteiger partial charge on any atom is 0.306 e. The quantitative estimate of drug-likeness (QED) is 0.0195. The molecule has 0 aliphatic heterocycles. The van der Waals surface area contributed by atoms with Gasteiger partial charge in [0.2, 0.25) is 0 Å².